The van der Waals surface area contributed by atoms with E-state index in [2.05, 4.69) is 48.2 Å². The lowest BCUT2D eigenvalue weighted by Crippen LogP contribution is -2.14. The van der Waals surface area contributed by atoms with Crippen LogP contribution in [0.1, 0.15) is 22.3 Å². The fourth-order valence-corrected chi connectivity index (χ4v) is 1.82. The van der Waals surface area contributed by atoms with E-state index in [1.807, 2.05) is 0 Å². The zero-order valence-corrected chi connectivity index (χ0v) is 9.34. The van der Waals surface area contributed by atoms with Gasteiger partial charge >= 0.3 is 0 Å². The Balaban J connectivity index is 3.60. The monoisotopic (exact) mass is 178 g/mol. The maximum absolute atomic E-state index is 4.50. The quantitative estimate of drug-likeness (QED) is 0.451. The van der Waals surface area contributed by atoms with E-state index in [-0.39, 0.29) is 0 Å². The van der Waals surface area contributed by atoms with Crippen LogP contribution in [-0.4, -0.2) is 7.85 Å². The maximum atomic E-state index is 4.50. The fraction of sp³-hybridized carbons (Fsp3) is 0.400. The number of hydrogen-bond donors (Lipinski definition) is 1. The third-order valence-electron chi connectivity index (χ3n) is 2.96. The number of hydrogen-bond acceptors (Lipinski definition) is 1. The van der Waals surface area contributed by atoms with Gasteiger partial charge in [0.1, 0.15) is 7.85 Å². The van der Waals surface area contributed by atoms with Crippen LogP contribution in [0.5, 0.6) is 0 Å². The molecule has 0 spiro atoms. The van der Waals surface area contributed by atoms with Crippen molar-refractivity contribution in [2.24, 2.45) is 0 Å². The van der Waals surface area contributed by atoms with Crippen molar-refractivity contribution in [3.8, 4) is 0 Å². The molecule has 0 unspecified atom stereocenters. The molecule has 0 fully saturated rings. The van der Waals surface area contributed by atoms with Gasteiger partial charge in [-0.1, -0.05) is 11.0 Å². The van der Waals surface area contributed by atoms with Crippen molar-refractivity contribution >= 4 is 25.9 Å². The Labute approximate surface area is 81.2 Å². The van der Waals surface area contributed by atoms with Crippen molar-refractivity contribution in [3.05, 3.63) is 22.3 Å². The molecule has 0 radical (unpaired) electrons. The third kappa shape index (κ3) is 1.29. The van der Waals surface area contributed by atoms with E-state index in [0.29, 0.717) is 0 Å². The zero-order chi connectivity index (χ0) is 9.46. The summed E-state index contributed by atoms with van der Waals surface area (Å²) < 4.78 is 0. The summed E-state index contributed by atoms with van der Waals surface area (Å²) in [6, 6.07) is 0. The van der Waals surface area contributed by atoms with Gasteiger partial charge < -0.3 is 0 Å². The molecular formula is C10H15BS. The van der Waals surface area contributed by atoms with E-state index in [0.717, 1.165) is 4.90 Å². The van der Waals surface area contributed by atoms with Gasteiger partial charge in [0.15, 0.2) is 0 Å². The second-order valence-corrected chi connectivity index (χ2v) is 3.92. The van der Waals surface area contributed by atoms with Gasteiger partial charge in [-0.3, -0.25) is 0 Å². The molecule has 0 amide bonds. The molecular weight excluding hydrogens is 163 g/mol. The predicted octanol–water partition coefficient (Wildman–Crippen LogP) is 1.47. The Morgan fingerprint density at radius 2 is 1.25 bits per heavy atom. The number of rotatable bonds is 0. The first-order chi connectivity index (χ1) is 5.46. The van der Waals surface area contributed by atoms with Crippen LogP contribution in [0.2, 0.25) is 0 Å². The van der Waals surface area contributed by atoms with Crippen LogP contribution >= 0.6 is 12.6 Å². The van der Waals surface area contributed by atoms with Crippen molar-refractivity contribution in [2.75, 3.05) is 0 Å². The van der Waals surface area contributed by atoms with E-state index < -0.39 is 0 Å². The van der Waals surface area contributed by atoms with E-state index >= 15 is 0 Å². The molecule has 0 bridgehead atoms. The average molecular weight is 178 g/mol. The molecule has 0 aliphatic rings. The molecule has 0 N–H and O–H groups in total. The van der Waals surface area contributed by atoms with Gasteiger partial charge in [-0.25, -0.2) is 0 Å². The molecule has 0 heterocycles. The van der Waals surface area contributed by atoms with Crippen LogP contribution in [-0.2, 0) is 0 Å². The summed E-state index contributed by atoms with van der Waals surface area (Å²) in [7, 11) is 2.14. The van der Waals surface area contributed by atoms with E-state index in [1.54, 1.807) is 0 Å². The lowest BCUT2D eigenvalue weighted by molar-refractivity contribution is 1.17. The summed E-state index contributed by atoms with van der Waals surface area (Å²) in [5, 5.41) is 0. The Morgan fingerprint density at radius 1 is 0.833 bits per heavy atom. The van der Waals surface area contributed by atoms with Gasteiger partial charge in [0.05, 0.1) is 0 Å². The highest BCUT2D eigenvalue weighted by Crippen LogP contribution is 2.20. The molecule has 1 aromatic carbocycles. The topological polar surface area (TPSA) is 0 Å². The summed E-state index contributed by atoms with van der Waals surface area (Å²) >= 11 is 4.50. The van der Waals surface area contributed by atoms with Gasteiger partial charge in [-0.05, 0) is 44.4 Å². The molecule has 0 aliphatic carbocycles. The van der Waals surface area contributed by atoms with E-state index in [1.165, 1.54) is 27.7 Å². The van der Waals surface area contributed by atoms with Gasteiger partial charge in [-0.15, -0.1) is 12.6 Å². The fourth-order valence-electron chi connectivity index (χ4n) is 1.48. The highest BCUT2D eigenvalue weighted by molar-refractivity contribution is 7.80. The Kier molecular flexibility index (Phi) is 2.57. The summed E-state index contributed by atoms with van der Waals surface area (Å²) in [5.41, 5.74) is 6.80. The average Bonchev–Trinajstić information content (AvgIpc) is 2.08. The molecule has 12 heavy (non-hydrogen) atoms. The molecule has 2 heteroatoms. The molecule has 0 saturated heterocycles. The lowest BCUT2D eigenvalue weighted by atomic mass is 9.84. The van der Waals surface area contributed by atoms with Gasteiger partial charge in [0, 0.05) is 4.90 Å². The molecule has 0 nitrogen and oxygen atoms in total. The maximum Gasteiger partial charge on any atom is 0.141 e. The summed E-state index contributed by atoms with van der Waals surface area (Å²) in [4.78, 5) is 1.15. The van der Waals surface area contributed by atoms with Crippen molar-refractivity contribution < 1.29 is 0 Å². The largest absolute Gasteiger partial charge is 0.144 e. The predicted molar refractivity (Wildman–Crippen MR) is 60.8 cm³/mol. The minimum Gasteiger partial charge on any atom is -0.144 e. The van der Waals surface area contributed by atoms with Crippen LogP contribution in [0.25, 0.3) is 0 Å². The highest BCUT2D eigenvalue weighted by Gasteiger charge is 2.08. The SMILES string of the molecule is Bc1c(C)c(C)c(C)c(C)c1S. The minimum atomic E-state index is 1.15. The van der Waals surface area contributed by atoms with Crippen LogP contribution < -0.4 is 5.46 Å². The molecule has 0 saturated carbocycles. The summed E-state index contributed by atoms with van der Waals surface area (Å²) in [6.07, 6.45) is 0. The Hall–Kier alpha value is -0.365. The van der Waals surface area contributed by atoms with Crippen LogP contribution in [0.4, 0.5) is 0 Å². The van der Waals surface area contributed by atoms with Gasteiger partial charge in [-0.2, -0.15) is 0 Å². The smallest absolute Gasteiger partial charge is 0.141 e. The molecule has 0 atom stereocenters. The van der Waals surface area contributed by atoms with Crippen molar-refractivity contribution in [2.45, 2.75) is 32.6 Å². The van der Waals surface area contributed by atoms with E-state index in [4.69, 9.17) is 0 Å². The van der Waals surface area contributed by atoms with Gasteiger partial charge in [0.25, 0.3) is 0 Å². The lowest BCUT2D eigenvalue weighted by Gasteiger charge is -2.15. The second-order valence-electron chi connectivity index (χ2n) is 3.47. The zero-order valence-electron chi connectivity index (χ0n) is 8.45. The standard InChI is InChI=1S/C10H15BS/c1-5-6(2)8(4)10(12)9(11)7(5)3/h12H,11H2,1-4H3. The summed E-state index contributed by atoms with van der Waals surface area (Å²) in [6.45, 7) is 8.64. The van der Waals surface area contributed by atoms with Crippen molar-refractivity contribution in [1.82, 2.24) is 0 Å². The number of benzene rings is 1. The Bertz CT molecular complexity index is 224. The first-order valence-electron chi connectivity index (χ1n) is 4.22. The highest BCUT2D eigenvalue weighted by atomic mass is 32.1. The molecule has 1 aromatic rings. The van der Waals surface area contributed by atoms with Crippen molar-refractivity contribution in [3.63, 3.8) is 0 Å². The first kappa shape index (κ1) is 9.72. The first-order valence-corrected chi connectivity index (χ1v) is 4.67. The molecule has 0 aliphatic heterocycles. The second kappa shape index (κ2) is 3.17. The Morgan fingerprint density at radius 3 is 1.75 bits per heavy atom. The third-order valence-corrected chi connectivity index (χ3v) is 3.63. The van der Waals surface area contributed by atoms with Crippen molar-refractivity contribution in [1.29, 1.82) is 0 Å². The van der Waals surface area contributed by atoms with E-state index in [9.17, 15) is 0 Å². The normalized spacial score (nSPS) is 10.4. The van der Waals surface area contributed by atoms with Crippen LogP contribution in [0, 0.1) is 27.7 Å². The van der Waals surface area contributed by atoms with Gasteiger partial charge in [0.2, 0.25) is 0 Å². The minimum absolute atomic E-state index is 1.15. The molecule has 0 aromatic heterocycles. The molecule has 1 rings (SSSR count). The number of thiol groups is 1. The van der Waals surface area contributed by atoms with Crippen LogP contribution in [0.3, 0.4) is 0 Å². The summed E-state index contributed by atoms with van der Waals surface area (Å²) in [5.74, 6) is 0. The van der Waals surface area contributed by atoms with Crippen LogP contribution in [0.15, 0.2) is 4.90 Å². The molecule has 64 valence electrons.